The molecule has 1 unspecified atom stereocenters. The summed E-state index contributed by atoms with van der Waals surface area (Å²) in [4.78, 5) is 28.7. The van der Waals surface area contributed by atoms with Gasteiger partial charge in [-0.15, -0.1) is 0 Å². The average molecular weight is 492 g/mol. The second-order valence-electron chi connectivity index (χ2n) is 8.50. The maximum Gasteiger partial charge on any atom is 0.295 e. The lowest BCUT2D eigenvalue weighted by Crippen LogP contribution is -2.29. The van der Waals surface area contributed by atoms with Gasteiger partial charge in [0.05, 0.1) is 23.6 Å². The van der Waals surface area contributed by atoms with E-state index < -0.39 is 17.8 Å². The molecule has 0 N–H and O–H groups in total. The van der Waals surface area contributed by atoms with Crippen LogP contribution < -0.4 is 15.1 Å². The largest absolute Gasteiger partial charge is 0.494 e. The first-order valence-electron chi connectivity index (χ1n) is 11.6. The molecule has 1 aromatic heterocycles. The number of amides is 1. The molecule has 5 nitrogen and oxygen atoms in total. The lowest BCUT2D eigenvalue weighted by molar-refractivity contribution is 0.0971. The highest BCUT2D eigenvalue weighted by Gasteiger charge is 2.43. The number of benzene rings is 3. The van der Waals surface area contributed by atoms with E-state index in [1.807, 2.05) is 24.3 Å². The van der Waals surface area contributed by atoms with E-state index in [0.717, 1.165) is 19.3 Å². The molecule has 178 valence electrons. The molecule has 1 aliphatic rings. The third-order valence-corrected chi connectivity index (χ3v) is 6.36. The van der Waals surface area contributed by atoms with Gasteiger partial charge in [0, 0.05) is 10.7 Å². The number of hydrogen-bond donors (Lipinski definition) is 0. The lowest BCUT2D eigenvalue weighted by Gasteiger charge is -2.25. The minimum atomic E-state index is -0.776. The van der Waals surface area contributed by atoms with Crippen LogP contribution in [0.5, 0.6) is 5.75 Å². The van der Waals surface area contributed by atoms with E-state index in [2.05, 4.69) is 6.92 Å². The van der Waals surface area contributed by atoms with Gasteiger partial charge >= 0.3 is 0 Å². The Labute approximate surface area is 206 Å². The van der Waals surface area contributed by atoms with Gasteiger partial charge in [0.2, 0.25) is 5.76 Å². The summed E-state index contributed by atoms with van der Waals surface area (Å²) in [5.74, 6) is -0.286. The summed E-state index contributed by atoms with van der Waals surface area (Å²) >= 11 is 6.14. The fourth-order valence-corrected chi connectivity index (χ4v) is 4.62. The topological polar surface area (TPSA) is 59.8 Å². The monoisotopic (exact) mass is 491 g/mol. The first-order valence-corrected chi connectivity index (χ1v) is 11.9. The van der Waals surface area contributed by atoms with E-state index in [9.17, 15) is 14.0 Å². The van der Waals surface area contributed by atoms with Gasteiger partial charge in [-0.1, -0.05) is 43.5 Å². The number of carbonyl (C=O) groups is 1. The molecule has 4 aromatic rings. The van der Waals surface area contributed by atoms with E-state index >= 15 is 0 Å². The first kappa shape index (κ1) is 23.1. The number of rotatable bonds is 7. The Balaban J connectivity index is 1.67. The summed E-state index contributed by atoms with van der Waals surface area (Å²) < 4.78 is 25.5. The molecule has 1 atom stereocenters. The van der Waals surface area contributed by atoms with Crippen LogP contribution in [0.1, 0.15) is 53.9 Å². The van der Waals surface area contributed by atoms with Crippen LogP contribution in [0.2, 0.25) is 5.02 Å². The summed E-state index contributed by atoms with van der Waals surface area (Å²) in [6.45, 7) is 2.70. The molecule has 5 rings (SSSR count). The summed E-state index contributed by atoms with van der Waals surface area (Å²) in [7, 11) is 0. The summed E-state index contributed by atoms with van der Waals surface area (Å²) in [5, 5.41) is 0.686. The Kier molecular flexibility index (Phi) is 6.31. The van der Waals surface area contributed by atoms with E-state index in [-0.39, 0.29) is 22.3 Å². The number of anilines is 1. The SMILES string of the molecule is CCCCCOc1cccc(C2c3c(oc4ccc(Cl)cc4c3=O)C(=O)N2c2ccc(F)cc2)c1. The minimum Gasteiger partial charge on any atom is -0.494 e. The van der Waals surface area contributed by atoms with Crippen molar-refractivity contribution in [1.82, 2.24) is 0 Å². The van der Waals surface area contributed by atoms with Gasteiger partial charge in [0.1, 0.15) is 17.1 Å². The molecule has 0 saturated heterocycles. The van der Waals surface area contributed by atoms with Crippen LogP contribution in [0.4, 0.5) is 10.1 Å². The van der Waals surface area contributed by atoms with Crippen molar-refractivity contribution in [1.29, 1.82) is 0 Å². The van der Waals surface area contributed by atoms with Crippen LogP contribution in [0.25, 0.3) is 11.0 Å². The van der Waals surface area contributed by atoms with Crippen molar-refractivity contribution in [3.05, 3.63) is 105 Å². The number of halogens is 2. The van der Waals surface area contributed by atoms with Crippen molar-refractivity contribution >= 4 is 34.2 Å². The zero-order valence-electron chi connectivity index (χ0n) is 19.1. The quantitative estimate of drug-likeness (QED) is 0.264. The van der Waals surface area contributed by atoms with Gasteiger partial charge in [-0.3, -0.25) is 14.5 Å². The molecular formula is C28H23ClFNO4. The number of ether oxygens (including phenoxy) is 1. The van der Waals surface area contributed by atoms with Gasteiger partial charge in [-0.25, -0.2) is 4.39 Å². The standard InChI is InChI=1S/C28H23ClFNO4/c1-2-3-4-14-34-21-7-5-6-17(15-21)25-24-26(32)22-16-18(29)8-13-23(22)35-27(24)28(33)31(25)20-11-9-19(30)10-12-20/h5-13,15-16,25H,2-4,14H2,1H3. The fraction of sp³-hybridized carbons (Fsp3) is 0.214. The van der Waals surface area contributed by atoms with Crippen molar-refractivity contribution in [3.63, 3.8) is 0 Å². The summed E-state index contributed by atoms with van der Waals surface area (Å²) in [6, 6.07) is 16.9. The molecule has 1 amide bonds. The molecule has 1 aliphatic heterocycles. The number of fused-ring (bicyclic) bond motifs is 2. The van der Waals surface area contributed by atoms with Crippen molar-refractivity contribution in [3.8, 4) is 5.75 Å². The molecule has 2 heterocycles. The van der Waals surface area contributed by atoms with Crippen molar-refractivity contribution < 1.29 is 18.3 Å². The highest BCUT2D eigenvalue weighted by atomic mass is 35.5. The van der Waals surface area contributed by atoms with Crippen LogP contribution in [-0.2, 0) is 0 Å². The molecule has 3 aromatic carbocycles. The predicted molar refractivity (Wildman–Crippen MR) is 134 cm³/mol. The fourth-order valence-electron chi connectivity index (χ4n) is 4.44. The smallest absolute Gasteiger partial charge is 0.295 e. The number of hydrogen-bond acceptors (Lipinski definition) is 4. The van der Waals surface area contributed by atoms with E-state index in [4.69, 9.17) is 20.8 Å². The van der Waals surface area contributed by atoms with Crippen LogP contribution in [-0.4, -0.2) is 12.5 Å². The van der Waals surface area contributed by atoms with Gasteiger partial charge in [-0.2, -0.15) is 0 Å². The van der Waals surface area contributed by atoms with Crippen LogP contribution in [0.15, 0.2) is 75.9 Å². The summed E-state index contributed by atoms with van der Waals surface area (Å²) in [5.41, 5.74) is 1.30. The van der Waals surface area contributed by atoms with E-state index in [1.54, 1.807) is 18.2 Å². The zero-order chi connectivity index (χ0) is 24.5. The Morgan fingerprint density at radius 1 is 1.03 bits per heavy atom. The van der Waals surface area contributed by atoms with Crippen molar-refractivity contribution in [2.45, 2.75) is 32.2 Å². The minimum absolute atomic E-state index is 0.0339. The zero-order valence-corrected chi connectivity index (χ0v) is 19.8. The predicted octanol–water partition coefficient (Wildman–Crippen LogP) is 6.90. The molecule has 0 fully saturated rings. The molecule has 35 heavy (non-hydrogen) atoms. The van der Waals surface area contributed by atoms with Gasteiger partial charge in [0.15, 0.2) is 5.43 Å². The average Bonchev–Trinajstić information content (AvgIpc) is 3.15. The van der Waals surface area contributed by atoms with Crippen LogP contribution in [0, 0.1) is 5.82 Å². The highest BCUT2D eigenvalue weighted by Crippen LogP contribution is 2.42. The number of carbonyl (C=O) groups excluding carboxylic acids is 1. The Morgan fingerprint density at radius 2 is 1.83 bits per heavy atom. The second-order valence-corrected chi connectivity index (χ2v) is 8.93. The molecule has 0 bridgehead atoms. The van der Waals surface area contributed by atoms with Crippen LogP contribution >= 0.6 is 11.6 Å². The maximum atomic E-state index is 13.7. The van der Waals surface area contributed by atoms with Crippen LogP contribution in [0.3, 0.4) is 0 Å². The van der Waals surface area contributed by atoms with Gasteiger partial charge in [0.25, 0.3) is 5.91 Å². The Hall–Kier alpha value is -3.64. The second kappa shape index (κ2) is 9.55. The number of nitrogens with zero attached hydrogens (tertiary/aromatic N) is 1. The molecule has 0 radical (unpaired) electrons. The highest BCUT2D eigenvalue weighted by molar-refractivity contribution is 6.31. The normalized spacial score (nSPS) is 15.0. The Bertz CT molecular complexity index is 1460. The Morgan fingerprint density at radius 3 is 2.60 bits per heavy atom. The van der Waals surface area contributed by atoms with E-state index in [0.29, 0.717) is 34.0 Å². The maximum absolute atomic E-state index is 13.7. The molecule has 7 heteroatoms. The molecular weight excluding hydrogens is 469 g/mol. The molecule has 0 saturated carbocycles. The van der Waals surface area contributed by atoms with Gasteiger partial charge < -0.3 is 9.15 Å². The molecule has 0 spiro atoms. The third kappa shape index (κ3) is 4.30. The number of unbranched alkanes of at least 4 members (excludes halogenated alkanes) is 2. The summed E-state index contributed by atoms with van der Waals surface area (Å²) in [6.07, 6.45) is 3.09. The van der Waals surface area contributed by atoms with Gasteiger partial charge in [-0.05, 0) is 66.6 Å². The van der Waals surface area contributed by atoms with E-state index in [1.165, 1.54) is 29.2 Å². The molecule has 0 aliphatic carbocycles. The third-order valence-electron chi connectivity index (χ3n) is 6.13. The van der Waals surface area contributed by atoms with Crippen molar-refractivity contribution in [2.24, 2.45) is 0 Å². The van der Waals surface area contributed by atoms with Crippen molar-refractivity contribution in [2.75, 3.05) is 11.5 Å². The first-order chi connectivity index (χ1) is 17.0. The lowest BCUT2D eigenvalue weighted by atomic mass is 9.98.